The second-order valence-corrected chi connectivity index (χ2v) is 7.14. The first kappa shape index (κ1) is 16.0. The fraction of sp³-hybridized carbons (Fsp3) is 0.353. The first-order chi connectivity index (χ1) is 9.83. The zero-order chi connectivity index (χ0) is 15.5. The van der Waals surface area contributed by atoms with E-state index in [1.54, 1.807) is 24.5 Å². The Bertz CT molecular complexity index is 580. The average molecular weight is 305 g/mol. The first-order valence-corrected chi connectivity index (χ1v) is 7.83. The molecule has 1 aromatic heterocycles. The lowest BCUT2D eigenvalue weighted by Crippen LogP contribution is -2.42. The lowest BCUT2D eigenvalue weighted by atomic mass is 9.74. The highest BCUT2D eigenvalue weighted by Crippen LogP contribution is 2.42. The van der Waals surface area contributed by atoms with Crippen molar-refractivity contribution in [1.82, 2.24) is 4.98 Å². The van der Waals surface area contributed by atoms with Crippen LogP contribution in [0.3, 0.4) is 0 Å². The molecule has 2 rings (SSSR count). The summed E-state index contributed by atoms with van der Waals surface area (Å²) in [5.74, 6) is 0.228. The van der Waals surface area contributed by atoms with Crippen LogP contribution < -0.4 is 0 Å². The summed E-state index contributed by atoms with van der Waals surface area (Å²) in [7, 11) is 0. The third-order valence-corrected chi connectivity index (χ3v) is 4.81. The van der Waals surface area contributed by atoms with Crippen molar-refractivity contribution in [2.24, 2.45) is 5.41 Å². The van der Waals surface area contributed by atoms with Crippen LogP contribution >= 0.6 is 11.8 Å². The molecule has 1 atom stereocenters. The molecular weight excluding hydrogens is 285 g/mol. The topological polar surface area (TPSA) is 33.1 Å². The van der Waals surface area contributed by atoms with Crippen molar-refractivity contribution in [2.75, 3.05) is 5.75 Å². The molecule has 0 bridgehead atoms. The van der Waals surface area contributed by atoms with E-state index in [4.69, 9.17) is 0 Å². The van der Waals surface area contributed by atoms with E-state index in [9.17, 15) is 9.50 Å². The van der Waals surface area contributed by atoms with Crippen LogP contribution in [0.15, 0.2) is 53.7 Å². The molecule has 0 saturated carbocycles. The quantitative estimate of drug-likeness (QED) is 0.857. The number of thioether (sulfide) groups is 1. The van der Waals surface area contributed by atoms with Gasteiger partial charge in [0.1, 0.15) is 11.4 Å². The van der Waals surface area contributed by atoms with Crippen molar-refractivity contribution in [2.45, 2.75) is 31.3 Å². The Morgan fingerprint density at radius 2 is 1.81 bits per heavy atom. The summed E-state index contributed by atoms with van der Waals surface area (Å²) in [6.07, 6.45) is 3.40. The summed E-state index contributed by atoms with van der Waals surface area (Å²) in [5.41, 5.74) is -0.560. The normalized spacial score (nSPS) is 14.7. The van der Waals surface area contributed by atoms with Gasteiger partial charge in [0, 0.05) is 28.6 Å². The van der Waals surface area contributed by atoms with E-state index < -0.39 is 5.60 Å². The largest absolute Gasteiger partial charge is 0.384 e. The third kappa shape index (κ3) is 3.63. The van der Waals surface area contributed by atoms with E-state index in [0.29, 0.717) is 5.75 Å². The maximum absolute atomic E-state index is 12.9. The van der Waals surface area contributed by atoms with Gasteiger partial charge in [0.05, 0.1) is 0 Å². The van der Waals surface area contributed by atoms with Gasteiger partial charge in [-0.1, -0.05) is 26.8 Å². The van der Waals surface area contributed by atoms with Crippen molar-refractivity contribution in [3.63, 3.8) is 0 Å². The number of aliphatic hydroxyl groups is 1. The molecule has 2 nitrogen and oxygen atoms in total. The number of hydrogen-bond acceptors (Lipinski definition) is 3. The van der Waals surface area contributed by atoms with Gasteiger partial charge in [0.15, 0.2) is 0 Å². The lowest BCUT2D eigenvalue weighted by Gasteiger charge is -2.40. The zero-order valence-corrected chi connectivity index (χ0v) is 13.3. The minimum Gasteiger partial charge on any atom is -0.384 e. The predicted molar refractivity (Wildman–Crippen MR) is 84.7 cm³/mol. The minimum absolute atomic E-state index is 0.252. The molecule has 0 aliphatic heterocycles. The van der Waals surface area contributed by atoms with Crippen LogP contribution in [0.1, 0.15) is 26.3 Å². The monoisotopic (exact) mass is 305 g/mol. The van der Waals surface area contributed by atoms with E-state index in [-0.39, 0.29) is 11.2 Å². The molecule has 21 heavy (non-hydrogen) atoms. The van der Waals surface area contributed by atoms with Gasteiger partial charge < -0.3 is 5.11 Å². The number of pyridine rings is 1. The highest BCUT2D eigenvalue weighted by atomic mass is 32.2. The molecule has 0 amide bonds. The van der Waals surface area contributed by atoms with Crippen molar-refractivity contribution >= 4 is 11.8 Å². The number of halogens is 1. The Labute approximate surface area is 129 Å². The lowest BCUT2D eigenvalue weighted by molar-refractivity contribution is -0.0425. The number of benzene rings is 1. The summed E-state index contributed by atoms with van der Waals surface area (Å²) in [5, 5.41) is 11.2. The van der Waals surface area contributed by atoms with Crippen molar-refractivity contribution in [1.29, 1.82) is 0 Å². The maximum atomic E-state index is 12.9. The zero-order valence-electron chi connectivity index (χ0n) is 12.5. The highest BCUT2D eigenvalue weighted by molar-refractivity contribution is 7.99. The maximum Gasteiger partial charge on any atom is 0.123 e. The number of rotatable bonds is 4. The van der Waals surface area contributed by atoms with E-state index in [1.807, 2.05) is 32.9 Å². The van der Waals surface area contributed by atoms with Crippen LogP contribution in [0.5, 0.6) is 0 Å². The minimum atomic E-state index is -1.01. The average Bonchev–Trinajstić information content (AvgIpc) is 2.46. The fourth-order valence-corrected chi connectivity index (χ4v) is 3.36. The van der Waals surface area contributed by atoms with Crippen molar-refractivity contribution < 1.29 is 9.50 Å². The van der Waals surface area contributed by atoms with Crippen molar-refractivity contribution in [3.05, 3.63) is 60.2 Å². The Kier molecular flexibility index (Phi) is 4.69. The van der Waals surface area contributed by atoms with Crippen molar-refractivity contribution in [3.8, 4) is 0 Å². The van der Waals surface area contributed by atoms with Crippen LogP contribution in [-0.2, 0) is 5.60 Å². The molecule has 0 radical (unpaired) electrons. The van der Waals surface area contributed by atoms with Gasteiger partial charge in [-0.25, -0.2) is 4.39 Å². The Hall–Kier alpha value is -1.39. The second kappa shape index (κ2) is 6.16. The summed E-state index contributed by atoms with van der Waals surface area (Å²) in [6, 6.07) is 10.0. The summed E-state index contributed by atoms with van der Waals surface area (Å²) >= 11 is 1.51. The molecule has 1 unspecified atom stereocenters. The van der Waals surface area contributed by atoms with Crippen LogP contribution in [0, 0.1) is 11.2 Å². The molecule has 0 aliphatic rings. The number of hydrogen-bond donors (Lipinski definition) is 1. The summed E-state index contributed by atoms with van der Waals surface area (Å²) in [6.45, 7) is 6.02. The first-order valence-electron chi connectivity index (χ1n) is 6.84. The molecule has 0 spiro atoms. The SMILES string of the molecule is CC(C)(C)C(O)(CSc1ccc(F)cc1)c1cccnc1. The van der Waals surface area contributed by atoms with Gasteiger partial charge in [-0.3, -0.25) is 4.98 Å². The molecule has 0 fully saturated rings. The van der Waals surface area contributed by atoms with E-state index in [2.05, 4.69) is 4.98 Å². The van der Waals surface area contributed by atoms with E-state index in [1.165, 1.54) is 23.9 Å². The smallest absolute Gasteiger partial charge is 0.123 e. The Balaban J connectivity index is 2.24. The van der Waals surface area contributed by atoms with E-state index >= 15 is 0 Å². The molecule has 1 N–H and O–H groups in total. The van der Waals surface area contributed by atoms with Gasteiger partial charge in [-0.2, -0.15) is 0 Å². The summed E-state index contributed by atoms with van der Waals surface area (Å²) in [4.78, 5) is 5.05. The molecule has 112 valence electrons. The summed E-state index contributed by atoms with van der Waals surface area (Å²) < 4.78 is 12.9. The molecule has 2 aromatic rings. The predicted octanol–water partition coefficient (Wildman–Crippen LogP) is 4.25. The molecule has 0 aliphatic carbocycles. The standard InChI is InChI=1S/C17H20FNOS/c1-16(2,3)17(20,13-5-4-10-19-11-13)12-21-15-8-6-14(18)7-9-15/h4-11,20H,12H2,1-3H3. The van der Waals surface area contributed by atoms with Crippen LogP contribution in [0.25, 0.3) is 0 Å². The van der Waals surface area contributed by atoms with Gasteiger partial charge in [-0.05, 0) is 35.7 Å². The third-order valence-electron chi connectivity index (χ3n) is 3.64. The molecule has 0 saturated heterocycles. The second-order valence-electron chi connectivity index (χ2n) is 6.09. The van der Waals surface area contributed by atoms with Gasteiger partial charge >= 0.3 is 0 Å². The van der Waals surface area contributed by atoms with E-state index in [0.717, 1.165) is 10.5 Å². The Morgan fingerprint density at radius 1 is 1.14 bits per heavy atom. The highest BCUT2D eigenvalue weighted by Gasteiger charge is 2.41. The molecule has 4 heteroatoms. The molecular formula is C17H20FNOS. The fourth-order valence-electron chi connectivity index (χ4n) is 2.06. The van der Waals surface area contributed by atoms with Gasteiger partial charge in [0.2, 0.25) is 0 Å². The van der Waals surface area contributed by atoms with Gasteiger partial charge in [0.25, 0.3) is 0 Å². The molecule has 1 aromatic carbocycles. The van der Waals surface area contributed by atoms with Crippen LogP contribution in [0.4, 0.5) is 4.39 Å². The molecule has 1 heterocycles. The van der Waals surface area contributed by atoms with Crippen LogP contribution in [-0.4, -0.2) is 15.8 Å². The number of aromatic nitrogens is 1. The van der Waals surface area contributed by atoms with Gasteiger partial charge in [-0.15, -0.1) is 11.8 Å². The van der Waals surface area contributed by atoms with Crippen LogP contribution in [0.2, 0.25) is 0 Å². The Morgan fingerprint density at radius 3 is 2.33 bits per heavy atom. The number of nitrogens with zero attached hydrogens (tertiary/aromatic N) is 1.